The highest BCUT2D eigenvalue weighted by molar-refractivity contribution is 6.04. The van der Waals surface area contributed by atoms with Crippen molar-refractivity contribution in [3.05, 3.63) is 224 Å². The summed E-state index contributed by atoms with van der Waals surface area (Å²) in [5.41, 5.74) is 11.0. The highest BCUT2D eigenvalue weighted by Crippen LogP contribution is 2.41. The fourth-order valence-electron chi connectivity index (χ4n) is 7.19. The van der Waals surface area contributed by atoms with Crippen molar-refractivity contribution in [2.45, 2.75) is 0 Å². The van der Waals surface area contributed by atoms with Crippen LogP contribution in [0.25, 0.3) is 66.4 Å². The summed E-state index contributed by atoms with van der Waals surface area (Å²) in [5.74, 6) is 0. The van der Waals surface area contributed by atoms with Gasteiger partial charge < -0.3 is 4.90 Å². The van der Waals surface area contributed by atoms with E-state index in [-0.39, 0.29) is 35.4 Å². The zero-order valence-electron chi connectivity index (χ0n) is 33.0. The Labute approximate surface area is 317 Å². The van der Waals surface area contributed by atoms with E-state index in [1.54, 1.807) is 0 Å². The van der Waals surface area contributed by atoms with Crippen LogP contribution in [-0.2, 0) is 0 Å². The Morgan fingerprint density at radius 1 is 0.302 bits per heavy atom. The van der Waals surface area contributed by atoms with E-state index in [9.17, 15) is 5.48 Å². The second-order valence-corrected chi connectivity index (χ2v) is 13.0. The minimum atomic E-state index is -0.117. The molecule has 250 valence electrons. The molecule has 0 saturated carbocycles. The van der Waals surface area contributed by atoms with E-state index in [0.717, 1.165) is 55.9 Å². The molecule has 53 heavy (non-hydrogen) atoms. The number of rotatable bonds is 8. The molecule has 0 heterocycles. The third kappa shape index (κ3) is 6.42. The lowest BCUT2D eigenvalue weighted by atomic mass is 9.90. The molecule has 1 heteroatoms. The van der Waals surface area contributed by atoms with Gasteiger partial charge in [0.1, 0.15) is 0 Å². The zero-order valence-corrected chi connectivity index (χ0v) is 29.0. The Kier molecular flexibility index (Phi) is 7.50. The molecule has 0 spiro atoms. The molecule has 0 aromatic heterocycles. The molecular formula is C52H37N. The van der Waals surface area contributed by atoms with Crippen molar-refractivity contribution in [2.24, 2.45) is 0 Å². The maximum absolute atomic E-state index is 9.49. The van der Waals surface area contributed by atoms with Gasteiger partial charge in [0.25, 0.3) is 0 Å². The van der Waals surface area contributed by atoms with Crippen LogP contribution in [0.3, 0.4) is 0 Å². The molecule has 0 saturated heterocycles. The lowest BCUT2D eigenvalue weighted by Crippen LogP contribution is -2.09. The van der Waals surface area contributed by atoms with E-state index in [4.69, 9.17) is 0 Å². The van der Waals surface area contributed by atoms with Crippen molar-refractivity contribution in [1.29, 1.82) is 0 Å². The fourth-order valence-corrected chi connectivity index (χ4v) is 7.19. The molecule has 0 aliphatic rings. The summed E-state index contributed by atoms with van der Waals surface area (Å²) in [7, 11) is 0. The summed E-state index contributed by atoms with van der Waals surface area (Å²) < 4.78 is 37.8. The number of hydrogen-bond acceptors (Lipinski definition) is 1. The second-order valence-electron chi connectivity index (χ2n) is 13.0. The summed E-state index contributed by atoms with van der Waals surface area (Å²) in [6.45, 7) is 0. The quantitative estimate of drug-likeness (QED) is 0.154. The molecular weight excluding hydrogens is 639 g/mol. The summed E-state index contributed by atoms with van der Waals surface area (Å²) >= 11 is 0. The molecule has 0 bridgehead atoms. The Morgan fingerprint density at radius 2 is 0.792 bits per heavy atom. The van der Waals surface area contributed by atoms with Gasteiger partial charge in [-0.05, 0) is 109 Å². The largest absolute Gasteiger partial charge is 0.311 e. The van der Waals surface area contributed by atoms with Crippen molar-refractivity contribution >= 4 is 27.8 Å². The van der Waals surface area contributed by atoms with Crippen LogP contribution in [0, 0.1) is 0 Å². The third-order valence-corrected chi connectivity index (χ3v) is 9.76. The average Bonchev–Trinajstić information content (AvgIpc) is 3.28. The molecule has 1 nitrogen and oxygen atoms in total. The molecule has 0 N–H and O–H groups in total. The molecule has 0 aliphatic carbocycles. The number of para-hydroxylation sites is 1. The summed E-state index contributed by atoms with van der Waals surface area (Å²) in [6, 6.07) is 66.7. The first-order valence-corrected chi connectivity index (χ1v) is 17.9. The number of nitrogens with zero attached hydrogens (tertiary/aromatic N) is 1. The summed E-state index contributed by atoms with van der Waals surface area (Å²) in [5, 5.41) is 2.34. The minimum Gasteiger partial charge on any atom is -0.311 e. The highest BCUT2D eigenvalue weighted by atomic mass is 15.1. The molecule has 0 fully saturated rings. The Balaban J connectivity index is 1.17. The molecule has 0 unspecified atom stereocenters. The molecule has 0 atom stereocenters. The van der Waals surface area contributed by atoms with Crippen molar-refractivity contribution in [2.75, 3.05) is 4.90 Å². The van der Waals surface area contributed by atoms with Gasteiger partial charge in [-0.25, -0.2) is 0 Å². The first kappa shape index (κ1) is 27.7. The maximum Gasteiger partial charge on any atom is 0.0645 e. The van der Waals surface area contributed by atoms with E-state index >= 15 is 0 Å². The van der Waals surface area contributed by atoms with E-state index in [0.29, 0.717) is 5.56 Å². The number of fused-ring (bicyclic) bond motifs is 1. The van der Waals surface area contributed by atoms with Crippen LogP contribution in [0.1, 0.15) is 5.48 Å². The van der Waals surface area contributed by atoms with Gasteiger partial charge in [-0.2, -0.15) is 0 Å². The summed E-state index contributed by atoms with van der Waals surface area (Å²) in [4.78, 5) is 1.83. The number of anilines is 3. The third-order valence-electron chi connectivity index (χ3n) is 9.76. The van der Waals surface area contributed by atoms with Crippen LogP contribution in [-0.4, -0.2) is 0 Å². The monoisotopic (exact) mass is 679 g/mol. The Bertz CT molecular complexity index is 2830. The van der Waals surface area contributed by atoms with E-state index in [2.05, 4.69) is 97.1 Å². The Hall–Kier alpha value is -6.96. The molecule has 0 aliphatic heterocycles. The van der Waals surface area contributed by atoms with Crippen LogP contribution >= 0.6 is 0 Å². The van der Waals surface area contributed by atoms with E-state index in [1.807, 2.05) is 108 Å². The number of hydrogen-bond donors (Lipinski definition) is 0. The van der Waals surface area contributed by atoms with E-state index in [1.165, 1.54) is 10.8 Å². The van der Waals surface area contributed by atoms with Gasteiger partial charge in [0.2, 0.25) is 0 Å². The topological polar surface area (TPSA) is 3.24 Å². The smallest absolute Gasteiger partial charge is 0.0645 e. The van der Waals surface area contributed by atoms with Gasteiger partial charge in [0.15, 0.2) is 0 Å². The SMILES string of the molecule is [2H]c1c([2H])c(N(c2ccccc2)c2ccc(-c3ccc4ccccc4c3-c3ccccc3)cc2)c([2H])c([2H])c1-c1ccc(-c2ccccc2)c(-c2ccccc2)c1. The molecule has 9 rings (SSSR count). The van der Waals surface area contributed by atoms with Crippen LogP contribution in [0.4, 0.5) is 17.1 Å². The van der Waals surface area contributed by atoms with Crippen molar-refractivity contribution in [1.82, 2.24) is 0 Å². The molecule has 9 aromatic carbocycles. The zero-order chi connectivity index (χ0) is 38.9. The van der Waals surface area contributed by atoms with Crippen LogP contribution in [0.2, 0.25) is 0 Å². The van der Waals surface area contributed by atoms with E-state index < -0.39 is 0 Å². The van der Waals surface area contributed by atoms with Crippen molar-refractivity contribution < 1.29 is 5.48 Å². The molecule has 0 amide bonds. The van der Waals surface area contributed by atoms with Gasteiger partial charge in [-0.3, -0.25) is 0 Å². The van der Waals surface area contributed by atoms with Crippen molar-refractivity contribution in [3.8, 4) is 55.6 Å². The van der Waals surface area contributed by atoms with Gasteiger partial charge in [0, 0.05) is 17.1 Å². The predicted molar refractivity (Wildman–Crippen MR) is 226 cm³/mol. The second kappa shape index (κ2) is 14.3. The van der Waals surface area contributed by atoms with Crippen LogP contribution in [0.15, 0.2) is 224 Å². The first-order chi connectivity index (χ1) is 28.0. The lowest BCUT2D eigenvalue weighted by Gasteiger charge is -2.26. The normalized spacial score (nSPS) is 12.1. The minimum absolute atomic E-state index is 0.0984. The standard InChI is InChI=1S/C52H37N/c1-5-15-39(16-6-1)48-35-30-44(37-51(48)40-17-7-2-8-18-40)38-25-31-46(32-26-38)53(45-22-11-4-12-23-45)47-33-27-42(28-34-47)50-36-29-41-19-13-14-24-49(41)52(50)43-20-9-3-10-21-43/h1-37H/i25D,26D,31D,32D. The molecule has 9 aromatic rings. The van der Waals surface area contributed by atoms with Crippen LogP contribution < -0.4 is 4.90 Å². The first-order valence-electron chi connectivity index (χ1n) is 19.9. The highest BCUT2D eigenvalue weighted by Gasteiger charge is 2.16. The van der Waals surface area contributed by atoms with Gasteiger partial charge in [-0.1, -0.05) is 182 Å². The summed E-state index contributed by atoms with van der Waals surface area (Å²) in [6.07, 6.45) is 0. The number of benzene rings is 9. The van der Waals surface area contributed by atoms with Crippen molar-refractivity contribution in [3.63, 3.8) is 0 Å². The average molecular weight is 680 g/mol. The van der Waals surface area contributed by atoms with Gasteiger partial charge >= 0.3 is 0 Å². The van der Waals surface area contributed by atoms with Gasteiger partial charge in [-0.15, -0.1) is 0 Å². The lowest BCUT2D eigenvalue weighted by molar-refractivity contribution is 1.28. The molecule has 0 radical (unpaired) electrons. The predicted octanol–water partition coefficient (Wildman–Crippen LogP) is 14.6. The maximum atomic E-state index is 9.49. The Morgan fingerprint density at radius 3 is 1.45 bits per heavy atom. The van der Waals surface area contributed by atoms with Gasteiger partial charge in [0.05, 0.1) is 5.48 Å². The van der Waals surface area contributed by atoms with Crippen LogP contribution in [0.5, 0.6) is 0 Å². The fraction of sp³-hybridized carbons (Fsp3) is 0.